The summed E-state index contributed by atoms with van der Waals surface area (Å²) in [6.45, 7) is 3.59. The number of unbranched alkanes of at least 4 members (excludes halogenated alkanes) is 17. The minimum atomic E-state index is -4.73. The zero-order valence-corrected chi connectivity index (χ0v) is 26.4. The number of hydrogen-bond donors (Lipinski definition) is 2. The van der Waals surface area contributed by atoms with Gasteiger partial charge in [-0.3, -0.25) is 14.1 Å². The van der Waals surface area contributed by atoms with Crippen LogP contribution in [0.5, 0.6) is 0 Å². The molecule has 40 heavy (non-hydrogen) atoms. The van der Waals surface area contributed by atoms with Gasteiger partial charge in [0, 0.05) is 12.8 Å². The molecule has 0 spiro atoms. The van der Waals surface area contributed by atoms with E-state index in [1.54, 1.807) is 0 Å². The van der Waals surface area contributed by atoms with Crippen LogP contribution in [0, 0.1) is 0 Å². The van der Waals surface area contributed by atoms with Crippen LogP contribution < -0.4 is 0 Å². The van der Waals surface area contributed by atoms with Crippen LogP contribution in [0.4, 0.5) is 0 Å². The summed E-state index contributed by atoms with van der Waals surface area (Å²) in [6.07, 6.45) is 26.7. The van der Waals surface area contributed by atoms with Gasteiger partial charge in [-0.2, -0.15) is 0 Å². The number of allylic oxidation sites excluding steroid dienone is 2. The van der Waals surface area contributed by atoms with E-state index in [9.17, 15) is 14.2 Å². The maximum atomic E-state index is 12.3. The molecule has 0 aromatic carbocycles. The number of rotatable bonds is 29. The summed E-state index contributed by atoms with van der Waals surface area (Å²) in [4.78, 5) is 42.3. The van der Waals surface area contributed by atoms with E-state index < -0.39 is 32.5 Å². The predicted octanol–water partition coefficient (Wildman–Crippen LogP) is 8.73. The molecule has 0 aliphatic heterocycles. The van der Waals surface area contributed by atoms with E-state index in [4.69, 9.17) is 19.3 Å². The first-order valence-electron chi connectivity index (χ1n) is 16.0. The molecule has 0 aromatic rings. The highest BCUT2D eigenvalue weighted by molar-refractivity contribution is 7.46. The van der Waals surface area contributed by atoms with E-state index in [0.717, 1.165) is 57.8 Å². The van der Waals surface area contributed by atoms with Crippen molar-refractivity contribution < 1.29 is 37.9 Å². The van der Waals surface area contributed by atoms with Gasteiger partial charge in [0.2, 0.25) is 0 Å². The van der Waals surface area contributed by atoms with Gasteiger partial charge in [-0.15, -0.1) is 0 Å². The second-order valence-corrected chi connectivity index (χ2v) is 12.0. The average Bonchev–Trinajstić information content (AvgIpc) is 2.91. The van der Waals surface area contributed by atoms with E-state index in [0.29, 0.717) is 6.42 Å². The smallest absolute Gasteiger partial charge is 0.462 e. The summed E-state index contributed by atoms with van der Waals surface area (Å²) in [6, 6.07) is 0. The largest absolute Gasteiger partial charge is 0.469 e. The molecule has 0 unspecified atom stereocenters. The molecule has 236 valence electrons. The van der Waals surface area contributed by atoms with E-state index in [-0.39, 0.29) is 19.4 Å². The number of hydrogen-bond acceptors (Lipinski definition) is 6. The summed E-state index contributed by atoms with van der Waals surface area (Å²) < 4.78 is 26.1. The number of carbonyl (C=O) groups is 2. The average molecular weight is 591 g/mol. The zero-order valence-electron chi connectivity index (χ0n) is 25.5. The van der Waals surface area contributed by atoms with E-state index >= 15 is 0 Å². The fourth-order valence-corrected chi connectivity index (χ4v) is 4.73. The third-order valence-electron chi connectivity index (χ3n) is 6.78. The quantitative estimate of drug-likeness (QED) is 0.0384. The van der Waals surface area contributed by atoms with Crippen LogP contribution in [0.3, 0.4) is 0 Å². The Kier molecular flexibility index (Phi) is 27.1. The van der Waals surface area contributed by atoms with Crippen LogP contribution >= 0.6 is 7.82 Å². The van der Waals surface area contributed by atoms with Crippen LogP contribution in [0.15, 0.2) is 12.2 Å². The topological polar surface area (TPSA) is 119 Å². The molecule has 9 heteroatoms. The minimum Gasteiger partial charge on any atom is -0.462 e. The molecule has 0 rings (SSSR count). The van der Waals surface area contributed by atoms with Crippen LogP contribution in [-0.4, -0.2) is 41.0 Å². The van der Waals surface area contributed by atoms with Crippen molar-refractivity contribution >= 4 is 19.8 Å². The van der Waals surface area contributed by atoms with E-state index in [1.807, 2.05) is 0 Å². The molecule has 8 nitrogen and oxygen atoms in total. The Balaban J connectivity index is 4.00. The van der Waals surface area contributed by atoms with Crippen molar-refractivity contribution in [1.29, 1.82) is 0 Å². The first-order chi connectivity index (χ1) is 19.3. The Bertz CT molecular complexity index is 676. The Hall–Kier alpha value is -1.21. The van der Waals surface area contributed by atoms with Crippen molar-refractivity contribution in [2.45, 2.75) is 161 Å². The molecule has 0 bridgehead atoms. The molecule has 1 atom stereocenters. The fourth-order valence-electron chi connectivity index (χ4n) is 4.37. The van der Waals surface area contributed by atoms with Crippen LogP contribution in [0.1, 0.15) is 155 Å². The molecule has 0 amide bonds. The number of ether oxygens (including phenoxy) is 2. The molecule has 0 saturated carbocycles. The zero-order chi connectivity index (χ0) is 29.7. The first kappa shape index (κ1) is 38.8. The monoisotopic (exact) mass is 590 g/mol. The molecule has 0 radical (unpaired) electrons. The van der Waals surface area contributed by atoms with E-state index in [1.165, 1.54) is 64.2 Å². The second kappa shape index (κ2) is 27.9. The Morgan fingerprint density at radius 2 is 1.05 bits per heavy atom. The first-order valence-corrected chi connectivity index (χ1v) is 17.5. The highest BCUT2D eigenvalue weighted by Crippen LogP contribution is 2.35. The van der Waals surface area contributed by atoms with Crippen molar-refractivity contribution in [1.82, 2.24) is 0 Å². The predicted molar refractivity (Wildman–Crippen MR) is 161 cm³/mol. The third kappa shape index (κ3) is 29.8. The summed E-state index contributed by atoms with van der Waals surface area (Å²) in [5.41, 5.74) is 0. The molecule has 0 aliphatic rings. The summed E-state index contributed by atoms with van der Waals surface area (Å²) >= 11 is 0. The lowest BCUT2D eigenvalue weighted by Gasteiger charge is -2.18. The lowest BCUT2D eigenvalue weighted by molar-refractivity contribution is -0.161. The normalized spacial score (nSPS) is 12.6. The Morgan fingerprint density at radius 3 is 1.52 bits per heavy atom. The highest BCUT2D eigenvalue weighted by atomic mass is 31.2. The Labute approximate surface area is 244 Å². The fraction of sp³-hybridized carbons (Fsp3) is 0.871. The van der Waals surface area contributed by atoms with Crippen molar-refractivity contribution in [3.63, 3.8) is 0 Å². The van der Waals surface area contributed by atoms with E-state index in [2.05, 4.69) is 30.5 Å². The van der Waals surface area contributed by atoms with Crippen molar-refractivity contribution in [2.24, 2.45) is 0 Å². The number of phosphoric ester groups is 1. The highest BCUT2D eigenvalue weighted by Gasteiger charge is 2.22. The lowest BCUT2D eigenvalue weighted by Crippen LogP contribution is -2.29. The molecule has 2 N–H and O–H groups in total. The SMILES string of the molecule is CCCCCCCC/C=C/CCCCCCCC(=O)O[C@@H](COC(=O)CCCCCCCCC)COP(=O)(O)O. The molecule has 0 aliphatic carbocycles. The van der Waals surface area contributed by atoms with Crippen molar-refractivity contribution in [2.75, 3.05) is 13.2 Å². The minimum absolute atomic E-state index is 0.205. The van der Waals surface area contributed by atoms with Crippen LogP contribution in [0.25, 0.3) is 0 Å². The van der Waals surface area contributed by atoms with Gasteiger partial charge in [0.25, 0.3) is 0 Å². The van der Waals surface area contributed by atoms with Gasteiger partial charge >= 0.3 is 19.8 Å². The molecule has 0 fully saturated rings. The number of esters is 2. The van der Waals surface area contributed by atoms with Crippen molar-refractivity contribution in [3.8, 4) is 0 Å². The lowest BCUT2D eigenvalue weighted by atomic mass is 10.1. The molecule has 0 aromatic heterocycles. The van der Waals surface area contributed by atoms with Gasteiger partial charge in [-0.05, 0) is 38.5 Å². The molecule has 0 saturated heterocycles. The van der Waals surface area contributed by atoms with Gasteiger partial charge < -0.3 is 19.3 Å². The van der Waals surface area contributed by atoms with Gasteiger partial charge in [-0.25, -0.2) is 4.57 Å². The Morgan fingerprint density at radius 1 is 0.625 bits per heavy atom. The van der Waals surface area contributed by atoms with Gasteiger partial charge in [0.05, 0.1) is 6.61 Å². The summed E-state index contributed by atoms with van der Waals surface area (Å²) in [7, 11) is -4.73. The van der Waals surface area contributed by atoms with Crippen molar-refractivity contribution in [3.05, 3.63) is 12.2 Å². The maximum absolute atomic E-state index is 12.3. The standard InChI is InChI=1S/C31H59O8P/c1-3-5-7-9-11-12-13-14-15-16-17-18-20-22-24-26-31(33)39-29(28-38-40(34,35)36)27-37-30(32)25-23-21-19-10-8-6-4-2/h14-15,29H,3-13,16-28H2,1-2H3,(H2,34,35,36)/b15-14+/t29-/m0/s1. The number of carbonyl (C=O) groups excluding carboxylic acids is 2. The van der Waals surface area contributed by atoms with Crippen LogP contribution in [0.2, 0.25) is 0 Å². The summed E-state index contributed by atoms with van der Waals surface area (Å²) in [5.74, 6) is -0.900. The number of phosphoric acid groups is 1. The van der Waals surface area contributed by atoms with Crippen LogP contribution in [-0.2, 0) is 28.2 Å². The maximum Gasteiger partial charge on any atom is 0.469 e. The van der Waals surface area contributed by atoms with Gasteiger partial charge in [0.1, 0.15) is 6.61 Å². The third-order valence-corrected chi connectivity index (χ3v) is 7.27. The molecular weight excluding hydrogens is 531 g/mol. The van der Waals surface area contributed by atoms with Gasteiger partial charge in [-0.1, -0.05) is 116 Å². The second-order valence-electron chi connectivity index (χ2n) is 10.8. The summed E-state index contributed by atoms with van der Waals surface area (Å²) in [5, 5.41) is 0. The van der Waals surface area contributed by atoms with Gasteiger partial charge in [0.15, 0.2) is 6.10 Å². The molecule has 0 heterocycles. The molecular formula is C31H59O8P.